The van der Waals surface area contributed by atoms with Crippen LogP contribution in [0.4, 0.5) is 0 Å². The molecule has 0 aliphatic carbocycles. The van der Waals surface area contributed by atoms with Crippen LogP contribution in [0.1, 0.15) is 12.8 Å². The number of ether oxygens (including phenoxy) is 1. The highest BCUT2D eigenvalue weighted by atomic mass is 16.5. The van der Waals surface area contributed by atoms with E-state index < -0.39 is 12.6 Å². The number of unbranched alkanes of at least 4 members (excludes halogenated alkanes) is 1. The predicted octanol–water partition coefficient (Wildman–Crippen LogP) is -0.383. The van der Waals surface area contributed by atoms with Crippen molar-refractivity contribution in [3.63, 3.8) is 0 Å². The molecule has 2 N–H and O–H groups in total. The quantitative estimate of drug-likeness (QED) is 0.433. The van der Waals surface area contributed by atoms with Crippen LogP contribution in [0, 0.1) is 12.3 Å². The minimum atomic E-state index is -1.09. The van der Waals surface area contributed by atoms with Crippen molar-refractivity contribution in [1.29, 1.82) is 0 Å². The van der Waals surface area contributed by atoms with Crippen LogP contribution in [0.2, 0.25) is 0 Å². The molecule has 0 saturated heterocycles. The molecule has 1 amide bonds. The molecule has 5 heteroatoms. The molecule has 0 aliphatic heterocycles. The maximum atomic E-state index is 10.9. The lowest BCUT2D eigenvalue weighted by molar-refractivity contribution is -0.143. The van der Waals surface area contributed by atoms with Gasteiger partial charge in [0.05, 0.1) is 0 Å². The van der Waals surface area contributed by atoms with Crippen molar-refractivity contribution in [2.45, 2.75) is 12.8 Å². The Bertz CT molecular complexity index is 231. The van der Waals surface area contributed by atoms with E-state index >= 15 is 0 Å². The Labute approximate surface area is 82.4 Å². The van der Waals surface area contributed by atoms with E-state index in [9.17, 15) is 9.59 Å². The molecule has 0 aliphatic rings. The molecule has 0 radical (unpaired) electrons. The molecule has 78 valence electrons. The molecule has 14 heavy (non-hydrogen) atoms. The molecule has 5 nitrogen and oxygen atoms in total. The van der Waals surface area contributed by atoms with Crippen LogP contribution in [0.15, 0.2) is 0 Å². The minimum Gasteiger partial charge on any atom is -0.480 e. The van der Waals surface area contributed by atoms with Crippen molar-refractivity contribution < 1.29 is 19.4 Å². The Morgan fingerprint density at radius 1 is 1.43 bits per heavy atom. The van der Waals surface area contributed by atoms with E-state index in [-0.39, 0.29) is 12.5 Å². The van der Waals surface area contributed by atoms with Crippen molar-refractivity contribution >= 4 is 11.9 Å². The number of carboxylic acids is 1. The second-order valence-corrected chi connectivity index (χ2v) is 2.54. The first-order chi connectivity index (χ1) is 6.66. The van der Waals surface area contributed by atoms with Gasteiger partial charge in [0.15, 0.2) is 0 Å². The van der Waals surface area contributed by atoms with Crippen LogP contribution in [0.5, 0.6) is 0 Å². The first kappa shape index (κ1) is 12.5. The monoisotopic (exact) mass is 199 g/mol. The fourth-order valence-corrected chi connectivity index (χ4v) is 0.700. The number of carbonyl (C=O) groups is 2. The zero-order chi connectivity index (χ0) is 10.8. The third kappa shape index (κ3) is 8.56. The Morgan fingerprint density at radius 3 is 2.71 bits per heavy atom. The molecule has 0 rings (SSSR count). The second-order valence-electron chi connectivity index (χ2n) is 2.54. The Balaban J connectivity index is 3.29. The highest BCUT2D eigenvalue weighted by Gasteiger charge is 2.02. The number of amides is 1. The van der Waals surface area contributed by atoms with Gasteiger partial charge < -0.3 is 15.2 Å². The van der Waals surface area contributed by atoms with E-state index in [2.05, 4.69) is 16.0 Å². The first-order valence-electron chi connectivity index (χ1n) is 4.16. The van der Waals surface area contributed by atoms with Gasteiger partial charge in [0.25, 0.3) is 0 Å². The van der Waals surface area contributed by atoms with E-state index in [1.165, 1.54) is 0 Å². The zero-order valence-corrected chi connectivity index (χ0v) is 7.78. The summed E-state index contributed by atoms with van der Waals surface area (Å²) in [4.78, 5) is 20.9. The summed E-state index contributed by atoms with van der Waals surface area (Å²) in [7, 11) is 0. The summed E-state index contributed by atoms with van der Waals surface area (Å²) in [6.45, 7) is -0.209. The number of carbonyl (C=O) groups excluding carboxylic acids is 1. The topological polar surface area (TPSA) is 75.6 Å². The Morgan fingerprint density at radius 2 is 2.14 bits per heavy atom. The molecular formula is C9H13NO4. The van der Waals surface area contributed by atoms with Crippen molar-refractivity contribution in [2.24, 2.45) is 0 Å². The molecule has 0 aromatic carbocycles. The van der Waals surface area contributed by atoms with Gasteiger partial charge in [-0.3, -0.25) is 4.79 Å². The number of hydrogen-bond acceptors (Lipinski definition) is 3. The zero-order valence-electron chi connectivity index (χ0n) is 7.78. The van der Waals surface area contributed by atoms with Gasteiger partial charge >= 0.3 is 5.97 Å². The van der Waals surface area contributed by atoms with Crippen LogP contribution in [-0.2, 0) is 14.3 Å². The predicted molar refractivity (Wildman–Crippen MR) is 49.5 cm³/mol. The molecule has 0 aromatic rings. The second kappa shape index (κ2) is 8.08. The summed E-state index contributed by atoms with van der Waals surface area (Å²) in [5, 5.41) is 10.7. The summed E-state index contributed by atoms with van der Waals surface area (Å²) in [6.07, 6.45) is 6.32. The first-order valence-corrected chi connectivity index (χ1v) is 4.16. The van der Waals surface area contributed by atoms with Crippen molar-refractivity contribution in [2.75, 3.05) is 19.8 Å². The molecule has 0 fully saturated rings. The Kier molecular flexibility index (Phi) is 7.19. The fourth-order valence-electron chi connectivity index (χ4n) is 0.700. The summed E-state index contributed by atoms with van der Waals surface area (Å²) in [6, 6.07) is 0. The summed E-state index contributed by atoms with van der Waals surface area (Å²) in [5.74, 6) is 1.02. The van der Waals surface area contributed by atoms with Gasteiger partial charge in [-0.05, 0) is 6.42 Å². The lowest BCUT2D eigenvalue weighted by atomic mass is 10.3. The number of rotatable bonds is 7. The Hall–Kier alpha value is -1.54. The van der Waals surface area contributed by atoms with Crippen molar-refractivity contribution in [3.8, 4) is 12.3 Å². The maximum Gasteiger partial charge on any atom is 0.329 e. The molecule has 0 spiro atoms. The van der Waals surface area contributed by atoms with E-state index in [1.54, 1.807) is 0 Å². The van der Waals surface area contributed by atoms with Crippen LogP contribution < -0.4 is 5.32 Å². The average molecular weight is 199 g/mol. The summed E-state index contributed by atoms with van der Waals surface area (Å²) >= 11 is 0. The van der Waals surface area contributed by atoms with Gasteiger partial charge in [-0.1, -0.05) is 0 Å². The van der Waals surface area contributed by atoms with Gasteiger partial charge in [0.1, 0.15) is 13.2 Å². The summed E-state index contributed by atoms with van der Waals surface area (Å²) in [5.41, 5.74) is 0. The van der Waals surface area contributed by atoms with E-state index in [1.807, 2.05) is 0 Å². The van der Waals surface area contributed by atoms with E-state index in [4.69, 9.17) is 11.5 Å². The lowest BCUT2D eigenvalue weighted by Gasteiger charge is -2.03. The molecule has 0 saturated carbocycles. The highest BCUT2D eigenvalue weighted by Crippen LogP contribution is 1.83. The summed E-state index contributed by atoms with van der Waals surface area (Å²) < 4.78 is 4.56. The SMILES string of the molecule is C#CCCCNC(=O)COCC(=O)O. The van der Waals surface area contributed by atoms with Crippen molar-refractivity contribution in [1.82, 2.24) is 5.32 Å². The van der Waals surface area contributed by atoms with Crippen LogP contribution in [0.25, 0.3) is 0 Å². The number of hydrogen-bond donors (Lipinski definition) is 2. The van der Waals surface area contributed by atoms with Gasteiger partial charge in [0, 0.05) is 13.0 Å². The highest BCUT2D eigenvalue weighted by molar-refractivity contribution is 5.77. The minimum absolute atomic E-state index is 0.234. The van der Waals surface area contributed by atoms with Crippen LogP contribution in [0.3, 0.4) is 0 Å². The third-order valence-electron chi connectivity index (χ3n) is 1.28. The van der Waals surface area contributed by atoms with Gasteiger partial charge in [-0.15, -0.1) is 12.3 Å². The standard InChI is InChI=1S/C9H13NO4/c1-2-3-4-5-10-8(11)6-14-7-9(12)13/h1H,3-7H2,(H,10,11)(H,12,13). The van der Waals surface area contributed by atoms with Crippen molar-refractivity contribution in [3.05, 3.63) is 0 Å². The van der Waals surface area contributed by atoms with Gasteiger partial charge in [-0.25, -0.2) is 4.79 Å². The van der Waals surface area contributed by atoms with Crippen LogP contribution >= 0.6 is 0 Å². The number of aliphatic carboxylic acids is 1. The molecule has 0 atom stereocenters. The fraction of sp³-hybridized carbons (Fsp3) is 0.556. The largest absolute Gasteiger partial charge is 0.480 e. The van der Waals surface area contributed by atoms with Crippen LogP contribution in [-0.4, -0.2) is 36.7 Å². The molecule has 0 aromatic heterocycles. The normalized spacial score (nSPS) is 9.07. The van der Waals surface area contributed by atoms with E-state index in [0.29, 0.717) is 19.4 Å². The van der Waals surface area contributed by atoms with E-state index in [0.717, 1.165) is 0 Å². The number of nitrogens with one attached hydrogen (secondary N) is 1. The molecule has 0 unspecified atom stereocenters. The average Bonchev–Trinajstić information content (AvgIpc) is 2.12. The molecule has 0 heterocycles. The number of carboxylic acid groups (broad SMARTS) is 1. The van der Waals surface area contributed by atoms with Gasteiger partial charge in [0.2, 0.25) is 5.91 Å². The maximum absolute atomic E-state index is 10.9. The smallest absolute Gasteiger partial charge is 0.329 e. The van der Waals surface area contributed by atoms with Gasteiger partial charge in [-0.2, -0.15) is 0 Å². The molecular weight excluding hydrogens is 186 g/mol. The lowest BCUT2D eigenvalue weighted by Crippen LogP contribution is -2.29. The third-order valence-corrected chi connectivity index (χ3v) is 1.28. The number of terminal acetylenes is 1. The molecule has 0 bridgehead atoms.